The Hall–Kier alpha value is -1.26. The van der Waals surface area contributed by atoms with Gasteiger partial charge in [-0.3, -0.25) is 9.59 Å². The first-order chi connectivity index (χ1) is 9.61. The number of nitrogens with one attached hydrogen (secondary N) is 1. The summed E-state index contributed by atoms with van der Waals surface area (Å²) in [6, 6.07) is 4.89. The lowest BCUT2D eigenvalue weighted by molar-refractivity contribution is -0.134. The molecule has 0 aliphatic heterocycles. The van der Waals surface area contributed by atoms with Crippen LogP contribution in [0.2, 0.25) is 10.0 Å². The van der Waals surface area contributed by atoms with E-state index in [1.54, 1.807) is 23.1 Å². The van der Waals surface area contributed by atoms with Gasteiger partial charge in [-0.25, -0.2) is 0 Å². The number of anilines is 1. The summed E-state index contributed by atoms with van der Waals surface area (Å²) in [7, 11) is 0. The zero-order valence-electron chi connectivity index (χ0n) is 12.7. The van der Waals surface area contributed by atoms with Crippen molar-refractivity contribution in [1.82, 2.24) is 4.90 Å². The molecule has 0 aliphatic rings. The van der Waals surface area contributed by atoms with Gasteiger partial charge in [0.05, 0.1) is 10.0 Å². The maximum Gasteiger partial charge on any atom is 0.226 e. The fraction of sp³-hybridized carbons (Fsp3) is 0.467. The molecule has 0 saturated heterocycles. The molecule has 116 valence electrons. The molecule has 0 spiro atoms. The summed E-state index contributed by atoms with van der Waals surface area (Å²) < 4.78 is 0. The van der Waals surface area contributed by atoms with Crippen molar-refractivity contribution in [3.8, 4) is 0 Å². The average Bonchev–Trinajstić information content (AvgIpc) is 2.32. The first kappa shape index (κ1) is 17.8. The van der Waals surface area contributed by atoms with E-state index >= 15 is 0 Å². The molecule has 2 amide bonds. The highest BCUT2D eigenvalue weighted by Gasteiger charge is 2.24. The fourth-order valence-corrected chi connectivity index (χ4v) is 2.27. The molecule has 0 bridgehead atoms. The summed E-state index contributed by atoms with van der Waals surface area (Å²) in [6.07, 6.45) is 0.219. The minimum Gasteiger partial charge on any atom is -0.338 e. The summed E-state index contributed by atoms with van der Waals surface area (Å²) in [5.74, 6) is -0.228. The van der Waals surface area contributed by atoms with Crippen LogP contribution >= 0.6 is 23.2 Å². The zero-order valence-corrected chi connectivity index (χ0v) is 14.2. The van der Waals surface area contributed by atoms with Crippen molar-refractivity contribution in [1.29, 1.82) is 0 Å². The predicted molar refractivity (Wildman–Crippen MR) is 86.8 cm³/mol. The van der Waals surface area contributed by atoms with Crippen molar-refractivity contribution in [3.63, 3.8) is 0 Å². The van der Waals surface area contributed by atoms with Crippen LogP contribution in [-0.2, 0) is 9.59 Å². The van der Waals surface area contributed by atoms with E-state index in [9.17, 15) is 9.59 Å². The number of hydrogen-bond acceptors (Lipinski definition) is 2. The van der Waals surface area contributed by atoms with Gasteiger partial charge >= 0.3 is 0 Å². The Balaban J connectivity index is 2.61. The molecule has 1 rings (SSSR count). The minimum atomic E-state index is -0.310. The van der Waals surface area contributed by atoms with Gasteiger partial charge in [0.2, 0.25) is 11.8 Å². The smallest absolute Gasteiger partial charge is 0.226 e. The van der Waals surface area contributed by atoms with E-state index in [0.717, 1.165) is 0 Å². The third kappa shape index (κ3) is 5.56. The van der Waals surface area contributed by atoms with E-state index in [2.05, 4.69) is 5.32 Å². The fourth-order valence-electron chi connectivity index (χ4n) is 1.98. The maximum absolute atomic E-state index is 11.9. The molecule has 4 nitrogen and oxygen atoms in total. The minimum absolute atomic E-state index is 0.0511. The van der Waals surface area contributed by atoms with Gasteiger partial charge in [-0.2, -0.15) is 0 Å². The third-order valence-electron chi connectivity index (χ3n) is 2.96. The Morgan fingerprint density at radius 1 is 1.19 bits per heavy atom. The molecule has 21 heavy (non-hydrogen) atoms. The molecule has 0 fully saturated rings. The highest BCUT2D eigenvalue weighted by molar-refractivity contribution is 6.42. The second-order valence-electron chi connectivity index (χ2n) is 5.77. The standard InChI is InChI=1S/C15H20Cl2N2O2/c1-10(20)19(15(2,3)4)8-7-14(21)18-11-5-6-12(16)13(17)9-11/h5-6,9H,7-8H2,1-4H3,(H,18,21). The first-order valence-electron chi connectivity index (χ1n) is 6.64. The Labute approximate surface area is 135 Å². The second kappa shape index (κ2) is 7.14. The van der Waals surface area contributed by atoms with Gasteiger partial charge in [-0.05, 0) is 39.0 Å². The first-order valence-corrected chi connectivity index (χ1v) is 7.40. The number of hydrogen-bond donors (Lipinski definition) is 1. The Kier molecular flexibility index (Phi) is 6.05. The van der Waals surface area contributed by atoms with Crippen molar-refractivity contribution < 1.29 is 9.59 Å². The number of rotatable bonds is 4. The maximum atomic E-state index is 11.9. The number of carbonyl (C=O) groups is 2. The molecule has 0 aliphatic carbocycles. The van der Waals surface area contributed by atoms with Gasteiger partial charge in [0.15, 0.2) is 0 Å². The van der Waals surface area contributed by atoms with Gasteiger partial charge in [-0.15, -0.1) is 0 Å². The van der Waals surface area contributed by atoms with E-state index in [0.29, 0.717) is 22.3 Å². The van der Waals surface area contributed by atoms with Crippen LogP contribution in [0.1, 0.15) is 34.1 Å². The largest absolute Gasteiger partial charge is 0.338 e. The quantitative estimate of drug-likeness (QED) is 0.907. The van der Waals surface area contributed by atoms with Crippen molar-refractivity contribution >= 4 is 40.7 Å². The van der Waals surface area contributed by atoms with Gasteiger partial charge < -0.3 is 10.2 Å². The normalized spacial score (nSPS) is 11.1. The Morgan fingerprint density at radius 3 is 2.29 bits per heavy atom. The lowest BCUT2D eigenvalue weighted by atomic mass is 10.1. The predicted octanol–water partition coefficient (Wildman–Crippen LogP) is 3.97. The Bertz CT molecular complexity index is 539. The van der Waals surface area contributed by atoms with Crippen molar-refractivity contribution in [3.05, 3.63) is 28.2 Å². The lowest BCUT2D eigenvalue weighted by Crippen LogP contribution is -2.45. The molecule has 1 aromatic carbocycles. The topological polar surface area (TPSA) is 49.4 Å². The van der Waals surface area contributed by atoms with Crippen LogP contribution in [-0.4, -0.2) is 28.8 Å². The molecule has 1 aromatic rings. The molecule has 1 N–H and O–H groups in total. The molecule has 0 saturated carbocycles. The van der Waals surface area contributed by atoms with Crippen LogP contribution in [0.3, 0.4) is 0 Å². The third-order valence-corrected chi connectivity index (χ3v) is 3.69. The van der Waals surface area contributed by atoms with Crippen molar-refractivity contribution in [2.75, 3.05) is 11.9 Å². The molecule has 0 radical (unpaired) electrons. The van der Waals surface area contributed by atoms with E-state index < -0.39 is 0 Å². The summed E-state index contributed by atoms with van der Waals surface area (Å²) >= 11 is 11.7. The van der Waals surface area contributed by atoms with Crippen LogP contribution in [0.15, 0.2) is 18.2 Å². The van der Waals surface area contributed by atoms with Crippen molar-refractivity contribution in [2.45, 2.75) is 39.7 Å². The van der Waals surface area contributed by atoms with Gasteiger partial charge in [-0.1, -0.05) is 23.2 Å². The molecule has 0 aromatic heterocycles. The number of benzene rings is 1. The second-order valence-corrected chi connectivity index (χ2v) is 6.58. The SMILES string of the molecule is CC(=O)N(CCC(=O)Nc1ccc(Cl)c(Cl)c1)C(C)(C)C. The number of amides is 2. The average molecular weight is 331 g/mol. The van der Waals surface area contributed by atoms with Crippen LogP contribution in [0.25, 0.3) is 0 Å². The summed E-state index contributed by atoms with van der Waals surface area (Å²) in [6.45, 7) is 7.68. The number of halogens is 2. The summed E-state index contributed by atoms with van der Waals surface area (Å²) in [4.78, 5) is 25.2. The van der Waals surface area contributed by atoms with Gasteiger partial charge in [0.25, 0.3) is 0 Å². The van der Waals surface area contributed by atoms with E-state index in [1.807, 2.05) is 20.8 Å². The molecule has 0 unspecified atom stereocenters. The van der Waals surface area contributed by atoms with Crippen LogP contribution in [0.5, 0.6) is 0 Å². The van der Waals surface area contributed by atoms with E-state index in [4.69, 9.17) is 23.2 Å². The van der Waals surface area contributed by atoms with Crippen LogP contribution in [0, 0.1) is 0 Å². The zero-order chi connectivity index (χ0) is 16.2. The molecule has 6 heteroatoms. The van der Waals surface area contributed by atoms with E-state index in [1.165, 1.54) is 6.92 Å². The Morgan fingerprint density at radius 2 is 1.81 bits per heavy atom. The molecule has 0 heterocycles. The summed E-state index contributed by atoms with van der Waals surface area (Å²) in [5, 5.41) is 3.55. The number of nitrogens with zero attached hydrogens (tertiary/aromatic N) is 1. The van der Waals surface area contributed by atoms with Gasteiger partial charge in [0, 0.05) is 31.1 Å². The van der Waals surface area contributed by atoms with E-state index in [-0.39, 0.29) is 23.8 Å². The monoisotopic (exact) mass is 330 g/mol. The number of carbonyl (C=O) groups excluding carboxylic acids is 2. The van der Waals surface area contributed by atoms with Crippen molar-refractivity contribution in [2.24, 2.45) is 0 Å². The molecular formula is C15H20Cl2N2O2. The highest BCUT2D eigenvalue weighted by Crippen LogP contribution is 2.25. The highest BCUT2D eigenvalue weighted by atomic mass is 35.5. The molecular weight excluding hydrogens is 311 g/mol. The van der Waals surface area contributed by atoms with Gasteiger partial charge in [0.1, 0.15) is 0 Å². The molecule has 0 atom stereocenters. The van der Waals surface area contributed by atoms with Crippen LogP contribution < -0.4 is 5.32 Å². The summed E-state index contributed by atoms with van der Waals surface area (Å²) in [5.41, 5.74) is 0.273. The van der Waals surface area contributed by atoms with Crippen LogP contribution in [0.4, 0.5) is 5.69 Å². The lowest BCUT2D eigenvalue weighted by Gasteiger charge is -2.34.